The molecule has 3 aliphatic heterocycles. The van der Waals surface area contributed by atoms with Crippen LogP contribution in [0.3, 0.4) is 0 Å². The van der Waals surface area contributed by atoms with Crippen molar-refractivity contribution in [2.45, 2.75) is 61.7 Å². The van der Waals surface area contributed by atoms with Crippen LogP contribution in [0.5, 0.6) is 0 Å². The number of carbonyl (C=O) groups excluding carboxylic acids is 2. The molecule has 3 heterocycles. The molecule has 0 radical (unpaired) electrons. The number of aliphatic carboxylic acids is 2. The van der Waals surface area contributed by atoms with E-state index in [4.69, 9.17) is 14.9 Å². The van der Waals surface area contributed by atoms with Gasteiger partial charge in [-0.05, 0) is 70.7 Å². The van der Waals surface area contributed by atoms with Crippen molar-refractivity contribution in [1.82, 2.24) is 13.9 Å². The molecule has 0 amide bonds. The average molecular weight is 836 g/mol. The van der Waals surface area contributed by atoms with Gasteiger partial charge in [-0.15, -0.1) is 0 Å². The van der Waals surface area contributed by atoms with E-state index in [1.807, 2.05) is 0 Å². The highest BCUT2D eigenvalue weighted by Gasteiger charge is 2.35. The van der Waals surface area contributed by atoms with Crippen molar-refractivity contribution >= 4 is 55.1 Å². The van der Waals surface area contributed by atoms with Crippen LogP contribution < -0.4 is 16.3 Å². The summed E-state index contributed by atoms with van der Waals surface area (Å²) < 4.78 is 57.6. The molecule has 0 saturated carbocycles. The van der Waals surface area contributed by atoms with Crippen LogP contribution >= 0.6 is 0 Å². The fourth-order valence-electron chi connectivity index (χ4n) is 6.23. The van der Waals surface area contributed by atoms with Gasteiger partial charge in [0.1, 0.15) is 33.4 Å². The summed E-state index contributed by atoms with van der Waals surface area (Å²) >= 11 is 0. The van der Waals surface area contributed by atoms with Crippen molar-refractivity contribution in [3.8, 4) is 0 Å². The number of nitrogens with one attached hydrogen (secondary N) is 1. The standard InChI is InChI=1S/C16H22N2O6S.C12H16N2O5S.C6H11NO2.2H2O/c1-2-24-16(20)11-14(19)12-7-9-18(10-8-12)25(22,23)15-6-4-3-5-13(15)17-21;15-12(16)9-5-7-14(8-6-9)20(18,19)11-4-2-1-3-10(11)13-17;8-6(9)5-1-3-7-4-2-5;;/h3-6,12H,2,7-11,17H2,1H3;1-4,9H,5-8,13H2,(H,15,16);5,7H,1-4H2,(H,8,9);2*1H2. The van der Waals surface area contributed by atoms with Crippen molar-refractivity contribution in [1.29, 1.82) is 0 Å². The number of carboxylic acids is 2. The third-order valence-corrected chi connectivity index (χ3v) is 13.3. The molecule has 11 N–H and O–H groups in total. The van der Waals surface area contributed by atoms with Crippen molar-refractivity contribution in [3.63, 3.8) is 0 Å². The van der Waals surface area contributed by atoms with E-state index in [0.29, 0.717) is 23.8 Å². The number of sulfonamides is 2. The second-order valence-corrected chi connectivity index (χ2v) is 16.6. The van der Waals surface area contributed by atoms with E-state index >= 15 is 0 Å². The summed E-state index contributed by atoms with van der Waals surface area (Å²) in [6.07, 6.45) is 2.57. The molecular weight excluding hydrogens is 783 g/mol. The van der Waals surface area contributed by atoms with Gasteiger partial charge in [-0.1, -0.05) is 24.3 Å². The van der Waals surface area contributed by atoms with E-state index < -0.39 is 43.9 Å². The summed E-state index contributed by atoms with van der Waals surface area (Å²) in [5.41, 5.74) is 1.26. The summed E-state index contributed by atoms with van der Waals surface area (Å²) in [5, 5.41) is 42.5. The quantitative estimate of drug-likeness (QED) is 0.0710. The van der Waals surface area contributed by atoms with Gasteiger partial charge in [0, 0.05) is 44.2 Å². The lowest BCUT2D eigenvalue weighted by atomic mass is 9.92. The van der Waals surface area contributed by atoms with Gasteiger partial charge >= 0.3 is 17.9 Å². The summed E-state index contributed by atoms with van der Waals surface area (Å²) in [5.74, 6) is -3.25. The number of rotatable bonds is 12. The number of esters is 1. The van der Waals surface area contributed by atoms with Crippen molar-refractivity contribution < 1.29 is 72.9 Å². The summed E-state index contributed by atoms with van der Waals surface area (Å²) in [7, 11) is -7.53. The average Bonchev–Trinajstić information content (AvgIpc) is 3.18. The molecule has 316 valence electrons. The number of quaternary nitrogens is 2. The largest absolute Gasteiger partial charge is 0.630 e. The second kappa shape index (κ2) is 24.0. The number of ketones is 1. The van der Waals surface area contributed by atoms with Crippen LogP contribution in [0.15, 0.2) is 58.3 Å². The van der Waals surface area contributed by atoms with Crippen LogP contribution in [0.1, 0.15) is 51.9 Å². The Bertz CT molecular complexity index is 1790. The van der Waals surface area contributed by atoms with Crippen LogP contribution in [0.2, 0.25) is 0 Å². The van der Waals surface area contributed by atoms with Gasteiger partial charge in [-0.3, -0.25) is 19.2 Å². The Morgan fingerprint density at radius 2 is 1.07 bits per heavy atom. The lowest BCUT2D eigenvalue weighted by molar-refractivity contribution is -0.500. The Labute approximate surface area is 325 Å². The fraction of sp³-hybridized carbons (Fsp3) is 0.529. The number of ether oxygens (including phenoxy) is 1. The van der Waals surface area contributed by atoms with Crippen molar-refractivity contribution in [2.75, 3.05) is 45.9 Å². The van der Waals surface area contributed by atoms with Gasteiger partial charge < -0.3 is 52.6 Å². The fourth-order valence-corrected chi connectivity index (χ4v) is 9.50. The first-order chi connectivity index (χ1) is 25.7. The predicted molar refractivity (Wildman–Crippen MR) is 200 cm³/mol. The minimum atomic E-state index is -3.79. The van der Waals surface area contributed by atoms with Gasteiger partial charge in [-0.25, -0.2) is 16.8 Å². The zero-order valence-corrected chi connectivity index (χ0v) is 32.6. The highest BCUT2D eigenvalue weighted by molar-refractivity contribution is 7.89. The molecule has 5 rings (SSSR count). The van der Waals surface area contributed by atoms with Crippen LogP contribution in [-0.2, 0) is 44.0 Å². The Kier molecular flexibility index (Phi) is 21.4. The number of benzene rings is 2. The van der Waals surface area contributed by atoms with Crippen LogP contribution in [-0.4, -0.2) is 116 Å². The Hall–Kier alpha value is -3.94. The molecule has 0 atom stereocenters. The molecule has 2 aromatic carbocycles. The number of carboxylic acid groups (broad SMARTS) is 2. The molecule has 22 heteroatoms. The third-order valence-electron chi connectivity index (χ3n) is 9.35. The number of carbonyl (C=O) groups is 4. The number of hydrogen-bond acceptors (Lipinski definition) is 12. The first kappa shape index (κ1) is 50.1. The molecule has 56 heavy (non-hydrogen) atoms. The normalized spacial score (nSPS) is 17.3. The maximum Gasteiger partial charge on any atom is 0.313 e. The van der Waals surface area contributed by atoms with E-state index in [0.717, 1.165) is 25.9 Å². The Morgan fingerprint density at radius 1 is 0.696 bits per heavy atom. The van der Waals surface area contributed by atoms with Crippen LogP contribution in [0.25, 0.3) is 0 Å². The summed E-state index contributed by atoms with van der Waals surface area (Å²) in [6.45, 7) is 4.28. The molecule has 0 bridgehead atoms. The molecule has 0 aliphatic carbocycles. The Morgan fingerprint density at radius 3 is 1.43 bits per heavy atom. The highest BCUT2D eigenvalue weighted by atomic mass is 32.2. The zero-order chi connectivity index (χ0) is 39.9. The van der Waals surface area contributed by atoms with E-state index in [2.05, 4.69) is 5.32 Å². The minimum absolute atomic E-state index is 0. The maximum absolute atomic E-state index is 12.7. The zero-order valence-electron chi connectivity index (χ0n) is 31.0. The lowest BCUT2D eigenvalue weighted by Crippen LogP contribution is -2.70. The van der Waals surface area contributed by atoms with Gasteiger partial charge in [0.25, 0.3) is 0 Å². The van der Waals surface area contributed by atoms with Crippen LogP contribution in [0, 0.1) is 28.2 Å². The first-order valence-electron chi connectivity index (χ1n) is 17.6. The van der Waals surface area contributed by atoms with Crippen molar-refractivity contribution in [3.05, 3.63) is 58.9 Å². The molecule has 0 spiro atoms. The highest BCUT2D eigenvalue weighted by Crippen LogP contribution is 2.28. The maximum atomic E-state index is 12.7. The Balaban J connectivity index is 0.000000452. The number of nitrogens with two attached hydrogens (primary N) is 2. The number of hydrogen-bond donors (Lipinski definition) is 5. The van der Waals surface area contributed by atoms with E-state index in [1.165, 1.54) is 32.9 Å². The molecule has 0 aromatic heterocycles. The lowest BCUT2D eigenvalue weighted by Gasteiger charge is -2.30. The van der Waals surface area contributed by atoms with E-state index in [1.54, 1.807) is 31.2 Å². The number of nitrogens with zero attached hydrogens (tertiary/aromatic N) is 2. The van der Waals surface area contributed by atoms with Gasteiger partial charge in [0.05, 0.1) is 18.4 Å². The van der Waals surface area contributed by atoms with Crippen LogP contribution in [0.4, 0.5) is 11.4 Å². The molecule has 3 fully saturated rings. The van der Waals surface area contributed by atoms with Gasteiger partial charge in [-0.2, -0.15) is 8.61 Å². The predicted octanol–water partition coefficient (Wildman–Crippen LogP) is -1.41. The van der Waals surface area contributed by atoms with Crippen molar-refractivity contribution in [2.24, 2.45) is 17.8 Å². The minimum Gasteiger partial charge on any atom is -0.630 e. The van der Waals surface area contributed by atoms with E-state index in [-0.39, 0.29) is 102 Å². The van der Waals surface area contributed by atoms with E-state index in [9.17, 15) is 46.4 Å². The number of piperidine rings is 3. The molecule has 3 saturated heterocycles. The third kappa shape index (κ3) is 13.9. The van der Waals surface area contributed by atoms with Gasteiger partial charge in [0.15, 0.2) is 0 Å². The SMILES string of the molecule is CCOC(=O)CC(=O)C1CCN(S(=O)(=O)c2ccccc2[NH2+][O-])CC1.O.O.O=C(O)C1CCN(S(=O)(=O)c2ccccc2[NH2+][O-])CC1.O=C(O)C1CCNCC1. The summed E-state index contributed by atoms with van der Waals surface area (Å²) in [6, 6.07) is 12.0. The molecule has 0 unspecified atom stereocenters. The molecule has 3 aliphatic rings. The number of Topliss-reactive ketones (excluding diaryl/α,β-unsaturated/α-hetero) is 1. The monoisotopic (exact) mass is 835 g/mol. The molecule has 2 aromatic rings. The second-order valence-electron chi connectivity index (χ2n) is 12.8. The summed E-state index contributed by atoms with van der Waals surface area (Å²) in [4.78, 5) is 44.6. The first-order valence-corrected chi connectivity index (χ1v) is 20.5. The molecule has 20 nitrogen and oxygen atoms in total. The van der Waals surface area contributed by atoms with Gasteiger partial charge in [0.2, 0.25) is 20.0 Å². The smallest absolute Gasteiger partial charge is 0.313 e. The topological polar surface area (TPSA) is 347 Å². The molecular formula is C34H53N5O15S2.